The molecule has 1 aromatic heterocycles. The Morgan fingerprint density at radius 3 is 2.45 bits per heavy atom. The number of rotatable bonds is 12. The molecule has 2 atom stereocenters. The van der Waals surface area contributed by atoms with Crippen LogP contribution in [0.2, 0.25) is 0 Å². The summed E-state index contributed by atoms with van der Waals surface area (Å²) >= 11 is 0. The lowest BCUT2D eigenvalue weighted by atomic mass is 9.87. The molecule has 0 radical (unpaired) electrons. The van der Waals surface area contributed by atoms with Crippen LogP contribution in [-0.4, -0.2) is 85.5 Å². The Hall–Kier alpha value is -4.62. The molecule has 272 valence electrons. The van der Waals surface area contributed by atoms with Crippen molar-refractivity contribution in [3.63, 3.8) is 0 Å². The van der Waals surface area contributed by atoms with Crippen LogP contribution in [0.15, 0.2) is 72.9 Å². The van der Waals surface area contributed by atoms with Gasteiger partial charge in [0, 0.05) is 63.4 Å². The van der Waals surface area contributed by atoms with Crippen LogP contribution in [0.3, 0.4) is 0 Å². The Morgan fingerprint density at radius 2 is 1.80 bits per heavy atom. The van der Waals surface area contributed by atoms with Crippen LogP contribution in [0.5, 0.6) is 5.88 Å². The molecule has 0 aliphatic carbocycles. The number of likely N-dealkylation sites (tertiary alicyclic amines) is 1. The number of anilines is 1. The highest BCUT2D eigenvalue weighted by molar-refractivity contribution is 6.02. The zero-order valence-electron chi connectivity index (χ0n) is 28.6. The van der Waals surface area contributed by atoms with Gasteiger partial charge < -0.3 is 19.7 Å². The number of carbonyl (C=O) groups is 1. The van der Waals surface area contributed by atoms with E-state index in [1.807, 2.05) is 6.08 Å². The second-order valence-corrected chi connectivity index (χ2v) is 12.9. The van der Waals surface area contributed by atoms with Crippen LogP contribution >= 0.6 is 0 Å². The van der Waals surface area contributed by atoms with Crippen LogP contribution in [0.4, 0.5) is 27.6 Å². The molecular formula is C38H42F5N5O3. The van der Waals surface area contributed by atoms with E-state index in [1.54, 1.807) is 32.3 Å². The summed E-state index contributed by atoms with van der Waals surface area (Å²) in [5, 5.41) is 11.0. The maximum Gasteiger partial charge on any atom is 0.393 e. The second kappa shape index (κ2) is 17.1. The van der Waals surface area contributed by atoms with Gasteiger partial charge in [-0.05, 0) is 91.3 Å². The van der Waals surface area contributed by atoms with Gasteiger partial charge in [-0.15, -0.1) is 0 Å². The third-order valence-corrected chi connectivity index (χ3v) is 8.75. The lowest BCUT2D eigenvalue weighted by molar-refractivity contribution is -0.124. The predicted octanol–water partition coefficient (Wildman–Crippen LogP) is 7.85. The largest absolute Gasteiger partial charge is 0.473 e. The maximum absolute atomic E-state index is 14.8. The van der Waals surface area contributed by atoms with Crippen LogP contribution in [0, 0.1) is 11.2 Å². The molecule has 1 unspecified atom stereocenters. The van der Waals surface area contributed by atoms with E-state index >= 15 is 0 Å². The number of halogens is 5. The zero-order chi connectivity index (χ0) is 36.5. The fraction of sp³-hybridized carbons (Fsp3) is 0.395. The average molecular weight is 712 g/mol. The topological polar surface area (TPSA) is 90.8 Å². The van der Waals surface area contributed by atoms with E-state index in [0.717, 1.165) is 44.4 Å². The van der Waals surface area contributed by atoms with Crippen molar-refractivity contribution in [1.29, 1.82) is 5.41 Å². The van der Waals surface area contributed by atoms with Crippen LogP contribution < -0.4 is 10.1 Å². The van der Waals surface area contributed by atoms with E-state index < -0.39 is 30.6 Å². The van der Waals surface area contributed by atoms with E-state index in [9.17, 15) is 26.7 Å². The molecule has 51 heavy (non-hydrogen) atoms. The van der Waals surface area contributed by atoms with E-state index in [2.05, 4.69) is 15.2 Å². The van der Waals surface area contributed by atoms with Gasteiger partial charge in [0.05, 0.1) is 12.0 Å². The van der Waals surface area contributed by atoms with Crippen molar-refractivity contribution in [3.05, 3.63) is 101 Å². The summed E-state index contributed by atoms with van der Waals surface area (Å²) in [4.78, 5) is 20.0. The normalized spacial score (nSPS) is 19.0. The molecule has 2 aliphatic rings. The second-order valence-electron chi connectivity index (χ2n) is 12.9. The molecule has 1 amide bonds. The highest BCUT2D eigenvalue weighted by Crippen LogP contribution is 2.40. The van der Waals surface area contributed by atoms with Gasteiger partial charge in [0.15, 0.2) is 0 Å². The number of nitrogens with zero attached hydrogens (tertiary/aromatic N) is 3. The SMILES string of the molecule is CN(C)C(=O)/C=C/CN1CCC[C@@H](Oc2ccc(/C(=C(/CC(F)(F)F)c3ccc(F)cc3)c3ccc(NC4CCCCO4)c(C(=N)F)c3)cn2)C1. The van der Waals surface area contributed by atoms with Gasteiger partial charge in [-0.1, -0.05) is 24.3 Å². The monoisotopic (exact) mass is 711 g/mol. The lowest BCUT2D eigenvalue weighted by Gasteiger charge is -2.31. The molecule has 0 bridgehead atoms. The fourth-order valence-electron chi connectivity index (χ4n) is 6.23. The molecule has 2 aromatic carbocycles. The summed E-state index contributed by atoms with van der Waals surface area (Å²) in [6.07, 6.45) is 2.28. The van der Waals surface area contributed by atoms with Crippen molar-refractivity contribution in [2.24, 2.45) is 0 Å². The molecule has 0 saturated carbocycles. The van der Waals surface area contributed by atoms with Crippen LogP contribution in [0.25, 0.3) is 11.1 Å². The van der Waals surface area contributed by atoms with Crippen molar-refractivity contribution >= 4 is 28.7 Å². The molecular weight excluding hydrogens is 669 g/mol. The smallest absolute Gasteiger partial charge is 0.393 e. The Kier molecular flexibility index (Phi) is 12.6. The molecule has 8 nitrogen and oxygen atoms in total. The Balaban J connectivity index is 1.49. The lowest BCUT2D eigenvalue weighted by Crippen LogP contribution is -2.41. The first-order valence-corrected chi connectivity index (χ1v) is 16.9. The number of pyridine rings is 1. The van der Waals surface area contributed by atoms with Gasteiger partial charge in [-0.2, -0.15) is 17.6 Å². The van der Waals surface area contributed by atoms with Crippen molar-refractivity contribution in [3.8, 4) is 5.88 Å². The third kappa shape index (κ3) is 10.7. The van der Waals surface area contributed by atoms with E-state index in [1.165, 1.54) is 41.4 Å². The number of aromatic nitrogens is 1. The molecule has 0 spiro atoms. The summed E-state index contributed by atoms with van der Waals surface area (Å²) in [6.45, 7) is 2.55. The summed E-state index contributed by atoms with van der Waals surface area (Å²) < 4.78 is 83.3. The van der Waals surface area contributed by atoms with Crippen LogP contribution in [0.1, 0.15) is 60.8 Å². The number of ether oxygens (including phenoxy) is 2. The molecule has 2 fully saturated rings. The van der Waals surface area contributed by atoms with E-state index in [4.69, 9.17) is 14.9 Å². The summed E-state index contributed by atoms with van der Waals surface area (Å²) in [6, 6.07) is 12.3. The maximum atomic E-state index is 14.8. The number of piperidine rings is 1. The highest BCUT2D eigenvalue weighted by atomic mass is 19.4. The Morgan fingerprint density at radius 1 is 1.06 bits per heavy atom. The molecule has 3 heterocycles. The van der Waals surface area contributed by atoms with Crippen molar-refractivity contribution in [2.45, 2.75) is 57.0 Å². The number of allylic oxidation sites excluding steroid dienone is 1. The molecule has 5 rings (SSSR count). The molecule has 2 saturated heterocycles. The van der Waals surface area contributed by atoms with Crippen LogP contribution in [-0.2, 0) is 9.53 Å². The number of benzene rings is 2. The minimum atomic E-state index is -4.65. The minimum Gasteiger partial charge on any atom is -0.473 e. The highest BCUT2D eigenvalue weighted by Gasteiger charge is 2.32. The summed E-state index contributed by atoms with van der Waals surface area (Å²) in [5.41, 5.74) is 0.700. The van der Waals surface area contributed by atoms with Crippen molar-refractivity contribution in [2.75, 3.05) is 45.7 Å². The van der Waals surface area contributed by atoms with Gasteiger partial charge in [-0.3, -0.25) is 15.1 Å². The van der Waals surface area contributed by atoms with Gasteiger partial charge in [-0.25, -0.2) is 9.37 Å². The number of likely N-dealkylation sites (N-methyl/N-ethyl adjacent to an activating group) is 1. The molecule has 3 aromatic rings. The average Bonchev–Trinajstić information content (AvgIpc) is 3.09. The number of hydrogen-bond acceptors (Lipinski definition) is 7. The van der Waals surface area contributed by atoms with Crippen molar-refractivity contribution < 1.29 is 36.2 Å². The Bertz CT molecular complexity index is 1720. The van der Waals surface area contributed by atoms with Crippen molar-refractivity contribution in [1.82, 2.24) is 14.8 Å². The number of hydrogen-bond donors (Lipinski definition) is 2. The first-order chi connectivity index (χ1) is 24.4. The standard InChI is InChI=1S/C38H42F5N5O3/c1-47(2)35(49)9-6-19-48-18-5-7-29(24-48)51-33-17-13-27(23-45-33)36(31(22-38(41,42)43)25-10-14-28(39)15-11-25)26-12-16-32(30(21-26)37(40)44)46-34-8-3-4-20-50-34/h6,9-17,21,23,29,34,44,46H,3-5,7-8,18-20,22,24H2,1-2H3/b9-6+,36-31-,44-37?/t29-,34?/m1/s1. The first kappa shape index (κ1) is 37.6. The van der Waals surface area contributed by atoms with Gasteiger partial charge in [0.25, 0.3) is 0 Å². The quantitative estimate of drug-likeness (QED) is 0.0861. The number of carbonyl (C=O) groups excluding carboxylic acids is 1. The third-order valence-electron chi connectivity index (χ3n) is 8.75. The zero-order valence-corrected chi connectivity index (χ0v) is 28.6. The summed E-state index contributed by atoms with van der Waals surface area (Å²) in [7, 11) is 3.37. The number of alkyl halides is 3. The van der Waals surface area contributed by atoms with Gasteiger partial charge >= 0.3 is 6.18 Å². The van der Waals surface area contributed by atoms with Gasteiger partial charge in [0.1, 0.15) is 18.1 Å². The predicted molar refractivity (Wildman–Crippen MR) is 187 cm³/mol. The molecule has 2 N–H and O–H groups in total. The Labute approximate surface area is 294 Å². The van der Waals surface area contributed by atoms with E-state index in [0.29, 0.717) is 31.7 Å². The molecule has 13 heteroatoms. The number of nitrogens with one attached hydrogen (secondary N) is 2. The minimum absolute atomic E-state index is 0.101. The fourth-order valence-corrected chi connectivity index (χ4v) is 6.23. The molecule has 2 aliphatic heterocycles. The number of amides is 1. The first-order valence-electron chi connectivity index (χ1n) is 16.9. The summed E-state index contributed by atoms with van der Waals surface area (Å²) in [5.74, 6) is -1.70. The van der Waals surface area contributed by atoms with Gasteiger partial charge in [0.2, 0.25) is 17.8 Å². The van der Waals surface area contributed by atoms with E-state index in [-0.39, 0.29) is 51.4 Å².